The minimum atomic E-state index is -6.06. The van der Waals surface area contributed by atoms with Crippen molar-refractivity contribution in [1.29, 1.82) is 0 Å². The number of benzene rings is 4. The normalized spacial score (nSPS) is 18.3. The molecule has 0 aliphatic heterocycles. The number of rotatable bonds is 5. The molecule has 0 saturated carbocycles. The molecule has 4 aromatic carbocycles. The van der Waals surface area contributed by atoms with E-state index in [9.17, 15) is 52.7 Å². The van der Waals surface area contributed by atoms with Crippen molar-refractivity contribution < 1.29 is 68.2 Å². The zero-order valence-corrected chi connectivity index (χ0v) is 45.6. The molecule has 0 amide bonds. The summed E-state index contributed by atoms with van der Waals surface area (Å²) >= 11 is -6.06. The number of hydrogen-bond donors (Lipinski definition) is 0. The standard InChI is InChI=1S/2C25H25F6.C2H7Si.2ClH.Zr/c2*1-22(2,3)16-9-14-7-8-20(23(4,5)6)21(19(14)13-16)15-10-17(24(26,27)28)12-18(11-15)25(29,30)31;1-3-2;;;/h2*7-13H,1-6H3;3H,1-2H3;2*1H;/q;;;;;+2/p-2. The summed E-state index contributed by atoms with van der Waals surface area (Å²) < 4.78 is 173. The van der Waals surface area contributed by atoms with Crippen LogP contribution < -0.4 is 0 Å². The summed E-state index contributed by atoms with van der Waals surface area (Å²) in [5.41, 5.74) is -4.97. The van der Waals surface area contributed by atoms with Gasteiger partial charge in [-0.2, -0.15) is 0 Å². The Morgan fingerprint density at radius 2 is 0.676 bits per heavy atom. The van der Waals surface area contributed by atoms with E-state index < -0.39 is 97.3 Å². The van der Waals surface area contributed by atoms with Crippen molar-refractivity contribution in [3.63, 3.8) is 0 Å². The third-order valence-corrected chi connectivity index (χ3v) is 65.3. The Morgan fingerprint density at radius 3 is 0.882 bits per heavy atom. The van der Waals surface area contributed by atoms with Crippen LogP contribution in [0.5, 0.6) is 0 Å². The Labute approximate surface area is 400 Å². The molecular weight excluding hydrogens is 1040 g/mol. The van der Waals surface area contributed by atoms with E-state index in [1.807, 2.05) is 120 Å². The first-order valence-corrected chi connectivity index (χ1v) is 38.6. The summed E-state index contributed by atoms with van der Waals surface area (Å²) in [5, 5.41) is 0. The van der Waals surface area contributed by atoms with Gasteiger partial charge in [0.15, 0.2) is 0 Å². The molecule has 0 spiro atoms. The van der Waals surface area contributed by atoms with Crippen LogP contribution >= 0.6 is 17.0 Å². The van der Waals surface area contributed by atoms with Crippen molar-refractivity contribution in [3.8, 4) is 22.3 Å². The molecule has 0 heterocycles. The summed E-state index contributed by atoms with van der Waals surface area (Å²) in [6, 6.07) is 10.3. The number of hydrogen-bond acceptors (Lipinski definition) is 0. The van der Waals surface area contributed by atoms with Crippen molar-refractivity contribution >= 4 is 35.1 Å². The summed E-state index contributed by atoms with van der Waals surface area (Å²) in [4.78, 5) is 0. The van der Waals surface area contributed by atoms with Crippen molar-refractivity contribution in [2.75, 3.05) is 0 Å². The molecule has 6 rings (SSSR count). The molecule has 16 heteroatoms. The third kappa shape index (κ3) is 9.65. The molecule has 371 valence electrons. The Balaban J connectivity index is 1.80. The third-order valence-electron chi connectivity index (χ3n) is 13.7. The van der Waals surface area contributed by atoms with Gasteiger partial charge in [-0.25, -0.2) is 0 Å². The van der Waals surface area contributed by atoms with E-state index in [-0.39, 0.29) is 34.4 Å². The van der Waals surface area contributed by atoms with Crippen LogP contribution in [0, 0.1) is 10.8 Å². The first-order valence-electron chi connectivity index (χ1n) is 22.3. The quantitative estimate of drug-likeness (QED) is 0.138. The predicted octanol–water partition coefficient (Wildman–Crippen LogP) is 19.3. The summed E-state index contributed by atoms with van der Waals surface area (Å²) in [6.07, 6.45) is -16.9. The fourth-order valence-electron chi connectivity index (χ4n) is 10.3. The van der Waals surface area contributed by atoms with Crippen LogP contribution in [0.4, 0.5) is 52.7 Å². The van der Waals surface area contributed by atoms with Crippen LogP contribution in [-0.4, -0.2) is 5.92 Å². The molecule has 0 radical (unpaired) electrons. The molecule has 0 nitrogen and oxygen atoms in total. The molecule has 0 N–H and O–H groups in total. The van der Waals surface area contributed by atoms with E-state index >= 15 is 0 Å². The number of halogens is 14. The van der Waals surface area contributed by atoms with Gasteiger partial charge in [0.1, 0.15) is 0 Å². The van der Waals surface area contributed by atoms with Gasteiger partial charge >= 0.3 is 403 Å². The minimum absolute atomic E-state index is 0.0987. The van der Waals surface area contributed by atoms with E-state index in [1.165, 1.54) is 0 Å². The van der Waals surface area contributed by atoms with Gasteiger partial charge in [-0.15, -0.1) is 0 Å². The molecule has 2 aliphatic rings. The molecule has 2 unspecified atom stereocenters. The molecule has 2 atom stereocenters. The van der Waals surface area contributed by atoms with E-state index in [0.717, 1.165) is 35.4 Å². The maximum absolute atomic E-state index is 14.5. The van der Waals surface area contributed by atoms with Gasteiger partial charge in [0.05, 0.1) is 0 Å². The Kier molecular flexibility index (Phi) is 13.3. The van der Waals surface area contributed by atoms with Crippen LogP contribution in [0.25, 0.3) is 34.4 Å². The van der Waals surface area contributed by atoms with E-state index in [2.05, 4.69) is 0 Å². The first kappa shape index (κ1) is 54.5. The van der Waals surface area contributed by atoms with Crippen LogP contribution in [0.2, 0.25) is 13.1 Å². The average molecular weight is 1100 g/mol. The number of fused-ring (bicyclic) bond motifs is 2. The van der Waals surface area contributed by atoms with E-state index in [4.69, 9.17) is 17.0 Å². The SMILES string of the molecule is C[SiH](C)[Zr]([Cl])([Cl])([CH]1C(C(C)(C)C)=Cc2c1ccc(C(C)(C)C)c2-c1cc(C(F)(F)F)cc(C(F)(F)F)c1)[CH]1C(C(C)(C)C)=Cc2c1ccc(C(C)(C)C)c2-c1cc(C(F)(F)F)cc(C(F)(F)F)c1. The van der Waals surface area contributed by atoms with Gasteiger partial charge in [0.25, 0.3) is 0 Å². The predicted molar refractivity (Wildman–Crippen MR) is 252 cm³/mol. The topological polar surface area (TPSA) is 0 Å². The van der Waals surface area contributed by atoms with Gasteiger partial charge < -0.3 is 0 Å². The zero-order chi connectivity index (χ0) is 51.9. The van der Waals surface area contributed by atoms with Gasteiger partial charge in [-0.1, -0.05) is 0 Å². The molecule has 4 aromatic rings. The maximum atomic E-state index is 14.5. The van der Waals surface area contributed by atoms with Gasteiger partial charge in [-0.05, 0) is 0 Å². The fourth-order valence-corrected chi connectivity index (χ4v) is 41.7. The van der Waals surface area contributed by atoms with Gasteiger partial charge in [0.2, 0.25) is 0 Å². The summed E-state index contributed by atoms with van der Waals surface area (Å²) in [7, 11) is 17.5. The summed E-state index contributed by atoms with van der Waals surface area (Å²) in [5.74, 6) is -2.49. The summed E-state index contributed by atoms with van der Waals surface area (Å²) in [6.45, 7) is 26.5. The van der Waals surface area contributed by atoms with Gasteiger partial charge in [0, 0.05) is 0 Å². The van der Waals surface area contributed by atoms with Crippen molar-refractivity contribution in [3.05, 3.63) is 127 Å². The Morgan fingerprint density at radius 1 is 0.412 bits per heavy atom. The van der Waals surface area contributed by atoms with Crippen molar-refractivity contribution in [1.82, 2.24) is 0 Å². The fraction of sp³-hybridized carbons (Fsp3) is 0.462. The van der Waals surface area contributed by atoms with Crippen molar-refractivity contribution in [2.45, 2.75) is 139 Å². The monoisotopic (exact) mass is 1100 g/mol. The van der Waals surface area contributed by atoms with Crippen molar-refractivity contribution in [2.24, 2.45) is 10.8 Å². The number of allylic oxidation sites excluding steroid dienone is 2. The van der Waals surface area contributed by atoms with Crippen LogP contribution in [0.15, 0.2) is 71.8 Å². The molecule has 0 fully saturated rings. The first-order chi connectivity index (χ1) is 30.3. The molecule has 0 saturated heterocycles. The second-order valence-corrected chi connectivity index (χ2v) is 65.5. The van der Waals surface area contributed by atoms with Crippen LogP contribution in [0.3, 0.4) is 0 Å². The molecule has 2 aliphatic carbocycles. The Hall–Kier alpha value is -2.80. The van der Waals surface area contributed by atoms with Gasteiger partial charge in [-0.3, -0.25) is 0 Å². The van der Waals surface area contributed by atoms with E-state index in [0.29, 0.717) is 33.4 Å². The zero-order valence-electron chi connectivity index (χ0n) is 40.5. The molecular formula is C52H57Cl2F12SiZr. The second kappa shape index (κ2) is 16.6. The molecule has 68 heavy (non-hydrogen) atoms. The number of alkyl halides is 12. The molecule has 0 bridgehead atoms. The van der Waals surface area contributed by atoms with E-state index in [1.54, 1.807) is 12.1 Å². The van der Waals surface area contributed by atoms with Crippen LogP contribution in [0.1, 0.15) is 146 Å². The second-order valence-electron chi connectivity index (χ2n) is 23.0. The van der Waals surface area contributed by atoms with Crippen LogP contribution in [-0.2, 0) is 51.1 Å². The Bertz CT molecular complexity index is 2500. The molecule has 0 aromatic heterocycles. The average Bonchev–Trinajstić information content (AvgIpc) is 3.76.